The summed E-state index contributed by atoms with van der Waals surface area (Å²) in [6.45, 7) is 1.68. The molecule has 1 atom stereocenters. The van der Waals surface area contributed by atoms with Crippen LogP contribution in [0.15, 0.2) is 22.8 Å². The zero-order valence-corrected chi connectivity index (χ0v) is 11.1. The molecule has 0 bridgehead atoms. The second-order valence-electron chi connectivity index (χ2n) is 5.02. The molecular formula is C14H20N2O3. The second-order valence-corrected chi connectivity index (χ2v) is 5.02. The van der Waals surface area contributed by atoms with E-state index < -0.39 is 6.04 Å². The third-order valence-electron chi connectivity index (χ3n) is 3.44. The molecule has 1 aliphatic rings. The highest BCUT2D eigenvalue weighted by molar-refractivity contribution is 5.95. The Kier molecular flexibility index (Phi) is 4.60. The molecule has 19 heavy (non-hydrogen) atoms. The maximum atomic E-state index is 12.0. The summed E-state index contributed by atoms with van der Waals surface area (Å²) in [5.41, 5.74) is 0. The van der Waals surface area contributed by atoms with Crippen molar-refractivity contribution < 1.29 is 14.0 Å². The molecule has 1 aliphatic carbocycles. The minimum atomic E-state index is -0.556. The Morgan fingerprint density at radius 2 is 2.05 bits per heavy atom. The Morgan fingerprint density at radius 3 is 2.68 bits per heavy atom. The zero-order valence-electron chi connectivity index (χ0n) is 11.1. The van der Waals surface area contributed by atoms with Crippen LogP contribution >= 0.6 is 0 Å². The summed E-state index contributed by atoms with van der Waals surface area (Å²) in [5.74, 6) is -0.277. The lowest BCUT2D eigenvalue weighted by molar-refractivity contribution is -0.123. The molecule has 2 amide bonds. The standard InChI is InChI=1S/C14H20N2O3/c1-10(15-14(18)12-8-5-9-19-12)13(17)16-11-6-3-2-4-7-11/h5,8-11H,2-4,6-7H2,1H3,(H,15,18)(H,16,17). The van der Waals surface area contributed by atoms with E-state index in [1.165, 1.54) is 12.7 Å². The van der Waals surface area contributed by atoms with E-state index in [-0.39, 0.29) is 23.6 Å². The van der Waals surface area contributed by atoms with Crippen molar-refractivity contribution in [1.82, 2.24) is 10.6 Å². The van der Waals surface area contributed by atoms with Crippen molar-refractivity contribution in [1.29, 1.82) is 0 Å². The van der Waals surface area contributed by atoms with Crippen LogP contribution in [-0.2, 0) is 4.79 Å². The van der Waals surface area contributed by atoms with Crippen molar-refractivity contribution in [3.8, 4) is 0 Å². The maximum absolute atomic E-state index is 12.0. The van der Waals surface area contributed by atoms with Crippen molar-refractivity contribution in [2.45, 2.75) is 51.1 Å². The zero-order chi connectivity index (χ0) is 13.7. The van der Waals surface area contributed by atoms with Crippen LogP contribution in [0.2, 0.25) is 0 Å². The van der Waals surface area contributed by atoms with Gasteiger partial charge in [-0.1, -0.05) is 19.3 Å². The van der Waals surface area contributed by atoms with Crippen LogP contribution in [0.3, 0.4) is 0 Å². The molecule has 5 nitrogen and oxygen atoms in total. The first-order valence-corrected chi connectivity index (χ1v) is 6.81. The average Bonchev–Trinajstić information content (AvgIpc) is 2.93. The molecule has 1 aromatic rings. The van der Waals surface area contributed by atoms with Crippen LogP contribution in [0.25, 0.3) is 0 Å². The maximum Gasteiger partial charge on any atom is 0.287 e. The quantitative estimate of drug-likeness (QED) is 0.871. The van der Waals surface area contributed by atoms with Gasteiger partial charge in [-0.15, -0.1) is 0 Å². The van der Waals surface area contributed by atoms with Crippen LogP contribution in [0, 0.1) is 0 Å². The highest BCUT2D eigenvalue weighted by Gasteiger charge is 2.21. The molecule has 0 saturated heterocycles. The van der Waals surface area contributed by atoms with Gasteiger partial charge in [0.1, 0.15) is 6.04 Å². The molecule has 104 valence electrons. The van der Waals surface area contributed by atoms with E-state index in [1.807, 2.05) is 0 Å². The first-order chi connectivity index (χ1) is 9.16. The molecule has 1 unspecified atom stereocenters. The van der Waals surface area contributed by atoms with Gasteiger partial charge >= 0.3 is 0 Å². The number of furan rings is 1. The van der Waals surface area contributed by atoms with E-state index >= 15 is 0 Å². The summed E-state index contributed by atoms with van der Waals surface area (Å²) >= 11 is 0. The molecule has 0 radical (unpaired) electrons. The minimum absolute atomic E-state index is 0.133. The molecule has 5 heteroatoms. The van der Waals surface area contributed by atoms with Gasteiger partial charge in [-0.25, -0.2) is 0 Å². The molecular weight excluding hydrogens is 244 g/mol. The lowest BCUT2D eigenvalue weighted by Crippen LogP contribution is -2.48. The predicted molar refractivity (Wildman–Crippen MR) is 70.7 cm³/mol. The molecule has 0 aliphatic heterocycles. The second kappa shape index (κ2) is 6.41. The SMILES string of the molecule is CC(NC(=O)c1ccco1)C(=O)NC1CCCCC1. The van der Waals surface area contributed by atoms with Crippen molar-refractivity contribution in [2.24, 2.45) is 0 Å². The number of nitrogens with one attached hydrogen (secondary N) is 2. The number of carbonyl (C=O) groups is 2. The topological polar surface area (TPSA) is 71.3 Å². The summed E-state index contributed by atoms with van der Waals surface area (Å²) in [5, 5.41) is 5.61. The van der Waals surface area contributed by atoms with E-state index in [2.05, 4.69) is 10.6 Å². The summed E-state index contributed by atoms with van der Waals surface area (Å²) in [6.07, 6.45) is 7.07. The minimum Gasteiger partial charge on any atom is -0.459 e. The largest absolute Gasteiger partial charge is 0.459 e. The van der Waals surface area contributed by atoms with E-state index in [0.717, 1.165) is 25.7 Å². The van der Waals surface area contributed by atoms with Crippen LogP contribution in [0.1, 0.15) is 49.6 Å². The van der Waals surface area contributed by atoms with E-state index in [4.69, 9.17) is 4.42 Å². The van der Waals surface area contributed by atoms with Gasteiger partial charge in [0, 0.05) is 6.04 Å². The fourth-order valence-electron chi connectivity index (χ4n) is 2.31. The molecule has 2 N–H and O–H groups in total. The monoisotopic (exact) mass is 264 g/mol. The smallest absolute Gasteiger partial charge is 0.287 e. The van der Waals surface area contributed by atoms with Crippen LogP contribution in [0.5, 0.6) is 0 Å². The fraction of sp³-hybridized carbons (Fsp3) is 0.571. The number of hydrogen-bond acceptors (Lipinski definition) is 3. The van der Waals surface area contributed by atoms with Gasteiger partial charge in [-0.2, -0.15) is 0 Å². The normalized spacial score (nSPS) is 17.7. The van der Waals surface area contributed by atoms with Crippen LogP contribution < -0.4 is 10.6 Å². The van der Waals surface area contributed by atoms with Crippen LogP contribution in [-0.4, -0.2) is 23.9 Å². The van der Waals surface area contributed by atoms with Crippen LogP contribution in [0.4, 0.5) is 0 Å². The van der Waals surface area contributed by atoms with Gasteiger partial charge in [0.25, 0.3) is 5.91 Å². The lowest BCUT2D eigenvalue weighted by atomic mass is 9.95. The fourth-order valence-corrected chi connectivity index (χ4v) is 2.31. The molecule has 1 fully saturated rings. The first-order valence-electron chi connectivity index (χ1n) is 6.81. The lowest BCUT2D eigenvalue weighted by Gasteiger charge is -2.24. The summed E-state index contributed by atoms with van der Waals surface area (Å²) in [6, 6.07) is 2.91. The number of amides is 2. The Bertz CT molecular complexity index is 422. The Balaban J connectivity index is 1.80. The first kappa shape index (κ1) is 13.6. The summed E-state index contributed by atoms with van der Waals surface area (Å²) in [4.78, 5) is 23.7. The van der Waals surface area contributed by atoms with Crippen molar-refractivity contribution in [3.63, 3.8) is 0 Å². The van der Waals surface area contributed by atoms with Gasteiger partial charge in [-0.3, -0.25) is 9.59 Å². The summed E-state index contributed by atoms with van der Waals surface area (Å²) < 4.78 is 4.98. The number of hydrogen-bond donors (Lipinski definition) is 2. The Morgan fingerprint density at radius 1 is 1.32 bits per heavy atom. The third-order valence-corrected chi connectivity index (χ3v) is 3.44. The molecule has 0 aromatic carbocycles. The van der Waals surface area contributed by atoms with Gasteiger partial charge in [-0.05, 0) is 31.9 Å². The van der Waals surface area contributed by atoms with E-state index in [1.54, 1.807) is 19.1 Å². The highest BCUT2D eigenvalue weighted by atomic mass is 16.3. The molecule has 0 spiro atoms. The Labute approximate surface area is 112 Å². The van der Waals surface area contributed by atoms with Crippen molar-refractivity contribution >= 4 is 11.8 Å². The molecule has 1 heterocycles. The van der Waals surface area contributed by atoms with Gasteiger partial charge in [0.05, 0.1) is 6.26 Å². The van der Waals surface area contributed by atoms with E-state index in [9.17, 15) is 9.59 Å². The third kappa shape index (κ3) is 3.84. The molecule has 1 aromatic heterocycles. The van der Waals surface area contributed by atoms with E-state index in [0.29, 0.717) is 0 Å². The highest BCUT2D eigenvalue weighted by Crippen LogP contribution is 2.17. The van der Waals surface area contributed by atoms with Crippen molar-refractivity contribution in [2.75, 3.05) is 0 Å². The Hall–Kier alpha value is -1.78. The van der Waals surface area contributed by atoms with Gasteiger partial charge < -0.3 is 15.1 Å². The van der Waals surface area contributed by atoms with Gasteiger partial charge in [0.2, 0.25) is 5.91 Å². The predicted octanol–water partition coefficient (Wildman–Crippen LogP) is 1.85. The van der Waals surface area contributed by atoms with Gasteiger partial charge in [0.15, 0.2) is 5.76 Å². The molecule has 1 saturated carbocycles. The van der Waals surface area contributed by atoms with Crippen molar-refractivity contribution in [3.05, 3.63) is 24.2 Å². The number of rotatable bonds is 4. The average molecular weight is 264 g/mol. The molecule has 2 rings (SSSR count). The number of carbonyl (C=O) groups excluding carboxylic acids is 2. The summed E-state index contributed by atoms with van der Waals surface area (Å²) in [7, 11) is 0.